The molecule has 0 amide bonds. The van der Waals surface area contributed by atoms with Gasteiger partial charge in [-0.1, -0.05) is 0 Å². The minimum absolute atomic E-state index is 0. The van der Waals surface area contributed by atoms with Gasteiger partial charge in [-0.2, -0.15) is 4.31 Å². The van der Waals surface area contributed by atoms with Crippen LogP contribution in [0.15, 0.2) is 0 Å². The molecular weight excluding hydrogens is 333 g/mol. The Bertz CT molecular complexity index is 156. The van der Waals surface area contributed by atoms with Crippen LogP contribution in [0.1, 0.15) is 0 Å². The van der Waals surface area contributed by atoms with Crippen LogP contribution in [-0.4, -0.2) is 30.5 Å². The van der Waals surface area contributed by atoms with Crippen LogP contribution in [0.25, 0.3) is 0 Å². The summed E-state index contributed by atoms with van der Waals surface area (Å²) < 4.78 is 22.2. The van der Waals surface area contributed by atoms with E-state index in [1.807, 2.05) is 0 Å². The van der Waals surface area contributed by atoms with Crippen LogP contribution in [0, 0.1) is 0 Å². The van der Waals surface area contributed by atoms with Gasteiger partial charge in [-0.05, 0) is 0 Å². The van der Waals surface area contributed by atoms with Crippen molar-refractivity contribution in [2.24, 2.45) is 0 Å². The second-order valence-electron chi connectivity index (χ2n) is 1.06. The smallest absolute Gasteiger partial charge is 0.412 e. The predicted molar refractivity (Wildman–Crippen MR) is 32.4 cm³/mol. The largest absolute Gasteiger partial charge is 0.478 e. The summed E-state index contributed by atoms with van der Waals surface area (Å²) in [6.45, 7) is 0. The van der Waals surface area contributed by atoms with Crippen molar-refractivity contribution in [2.45, 2.75) is 0 Å². The molecule has 0 saturated heterocycles. The molecule has 8 N–H and O–H groups in total. The molecule has 0 saturated carbocycles. The Hall–Kier alpha value is 1.22. The van der Waals surface area contributed by atoms with E-state index in [9.17, 15) is 9.13 Å². The molecule has 0 spiro atoms. The minimum Gasteiger partial charge on any atom is -0.412 e. The molecule has 0 atom stereocenters. The summed E-state index contributed by atoms with van der Waals surface area (Å²) in [4.78, 5) is 31.0. The molecule has 0 aliphatic rings. The standard InChI is InChI=1S/2Cu.H4O7P2.2H2O/c;;1-8(2,3)7-9(4,5)6;;/h;;(H2,1,2,3)(H2,4,5,6);2*1H2. The van der Waals surface area contributed by atoms with Crippen LogP contribution < -0.4 is 0 Å². The second kappa shape index (κ2) is 9.76. The van der Waals surface area contributed by atoms with E-state index < -0.39 is 15.6 Å². The van der Waals surface area contributed by atoms with E-state index in [1.165, 1.54) is 0 Å². The first-order valence-corrected chi connectivity index (χ1v) is 4.59. The van der Waals surface area contributed by atoms with E-state index in [-0.39, 0.29) is 45.1 Å². The Labute approximate surface area is 93.9 Å². The Morgan fingerprint density at radius 2 is 0.923 bits per heavy atom. The fourth-order valence-corrected chi connectivity index (χ4v) is 1.25. The molecule has 0 fully saturated rings. The molecule has 2 radical (unpaired) electrons. The fraction of sp³-hybridized carbons (Fsp3) is 0. The van der Waals surface area contributed by atoms with Crippen molar-refractivity contribution in [2.75, 3.05) is 0 Å². The Morgan fingerprint density at radius 3 is 0.923 bits per heavy atom. The Kier molecular flexibility index (Phi) is 22.0. The van der Waals surface area contributed by atoms with Gasteiger partial charge in [-0.15, -0.1) is 0 Å². The quantitative estimate of drug-likeness (QED) is 0.316. The van der Waals surface area contributed by atoms with Gasteiger partial charge in [0, 0.05) is 34.1 Å². The Balaban J connectivity index is -0.0000000533. The molecule has 0 aromatic heterocycles. The van der Waals surface area contributed by atoms with Gasteiger partial charge in [0.2, 0.25) is 0 Å². The van der Waals surface area contributed by atoms with Gasteiger partial charge in [0.05, 0.1) is 0 Å². The van der Waals surface area contributed by atoms with E-state index in [0.717, 1.165) is 0 Å². The molecule has 0 aliphatic heterocycles. The van der Waals surface area contributed by atoms with Gasteiger partial charge in [0.15, 0.2) is 0 Å². The van der Waals surface area contributed by atoms with Crippen molar-refractivity contribution in [1.29, 1.82) is 0 Å². The average Bonchev–Trinajstić information content (AvgIpc) is 1.14. The van der Waals surface area contributed by atoms with Gasteiger partial charge in [0.1, 0.15) is 0 Å². The molecule has 13 heavy (non-hydrogen) atoms. The van der Waals surface area contributed by atoms with Crippen LogP contribution in [0.5, 0.6) is 0 Å². The third-order valence-electron chi connectivity index (χ3n) is 0.213. The molecule has 0 aromatic carbocycles. The third kappa shape index (κ3) is 31.9. The summed E-state index contributed by atoms with van der Waals surface area (Å²) in [5.74, 6) is 0. The average molecular weight is 341 g/mol. The normalized spacial score (nSPS) is 9.54. The number of hydrogen-bond donors (Lipinski definition) is 4. The summed E-state index contributed by atoms with van der Waals surface area (Å²) in [5.41, 5.74) is 0. The SMILES string of the molecule is O.O.O=P(O)(O)OP(=O)(O)O.[Cu].[Cu]. The van der Waals surface area contributed by atoms with Crippen LogP contribution >= 0.6 is 15.6 Å². The maximum Gasteiger partial charge on any atom is 0.478 e. The second-order valence-corrected chi connectivity index (χ2v) is 3.68. The van der Waals surface area contributed by atoms with E-state index in [4.69, 9.17) is 19.6 Å². The fourth-order valence-electron chi connectivity index (χ4n) is 0.139. The van der Waals surface area contributed by atoms with Gasteiger partial charge < -0.3 is 30.5 Å². The summed E-state index contributed by atoms with van der Waals surface area (Å²) in [7, 11) is -10.1. The van der Waals surface area contributed by atoms with Crippen molar-refractivity contribution in [3.05, 3.63) is 0 Å². The first-order valence-electron chi connectivity index (χ1n) is 1.53. The van der Waals surface area contributed by atoms with Crippen molar-refractivity contribution in [1.82, 2.24) is 0 Å². The summed E-state index contributed by atoms with van der Waals surface area (Å²) >= 11 is 0. The van der Waals surface area contributed by atoms with Crippen molar-refractivity contribution >= 4 is 15.6 Å². The number of hydrogen-bond acceptors (Lipinski definition) is 3. The molecular formula is H8Cu2O9P2. The zero-order chi connectivity index (χ0) is 7.71. The molecule has 9 nitrogen and oxygen atoms in total. The first-order chi connectivity index (χ1) is 3.71. The molecule has 0 heterocycles. The van der Waals surface area contributed by atoms with Crippen molar-refractivity contribution in [3.63, 3.8) is 0 Å². The minimum atomic E-state index is -5.05. The maximum absolute atomic E-state index is 9.63. The van der Waals surface area contributed by atoms with Crippen LogP contribution in [-0.2, 0) is 47.6 Å². The van der Waals surface area contributed by atoms with Crippen molar-refractivity contribution < 1.29 is 78.1 Å². The Morgan fingerprint density at radius 1 is 0.769 bits per heavy atom. The van der Waals surface area contributed by atoms with Gasteiger partial charge in [-0.25, -0.2) is 9.13 Å². The summed E-state index contributed by atoms with van der Waals surface area (Å²) in [5, 5.41) is 0. The molecule has 0 rings (SSSR count). The molecule has 0 unspecified atom stereocenters. The van der Waals surface area contributed by atoms with Crippen molar-refractivity contribution in [3.8, 4) is 0 Å². The van der Waals surface area contributed by atoms with Crippen LogP contribution in [0.3, 0.4) is 0 Å². The third-order valence-corrected chi connectivity index (χ3v) is 1.91. The van der Waals surface area contributed by atoms with E-state index in [2.05, 4.69) is 4.31 Å². The molecule has 13 heteroatoms. The van der Waals surface area contributed by atoms with Gasteiger partial charge >= 0.3 is 15.6 Å². The molecule has 0 aliphatic carbocycles. The van der Waals surface area contributed by atoms with E-state index in [0.29, 0.717) is 0 Å². The monoisotopic (exact) mass is 340 g/mol. The van der Waals surface area contributed by atoms with Gasteiger partial charge in [0.25, 0.3) is 0 Å². The topological polar surface area (TPSA) is 187 Å². The van der Waals surface area contributed by atoms with E-state index >= 15 is 0 Å². The van der Waals surface area contributed by atoms with Crippen LogP contribution in [0.2, 0.25) is 0 Å². The maximum atomic E-state index is 9.63. The summed E-state index contributed by atoms with van der Waals surface area (Å²) in [6, 6.07) is 0. The van der Waals surface area contributed by atoms with Crippen LogP contribution in [0.4, 0.5) is 0 Å². The van der Waals surface area contributed by atoms with Gasteiger partial charge in [-0.3, -0.25) is 0 Å². The number of phosphoric acid groups is 2. The molecule has 0 bridgehead atoms. The molecule has 0 aromatic rings. The van der Waals surface area contributed by atoms with E-state index in [1.54, 1.807) is 0 Å². The number of rotatable bonds is 2. The first kappa shape index (κ1) is 29.2. The predicted octanol–water partition coefficient (Wildman–Crippen LogP) is -2.47. The zero-order valence-electron chi connectivity index (χ0n) is 5.51. The molecule has 94 valence electrons. The summed E-state index contributed by atoms with van der Waals surface area (Å²) in [6.07, 6.45) is 0. The zero-order valence-corrected chi connectivity index (χ0v) is 9.18.